The van der Waals surface area contributed by atoms with Crippen molar-refractivity contribution in [3.05, 3.63) is 40.4 Å². The molecular weight excluding hydrogens is 290 g/mol. The van der Waals surface area contributed by atoms with Crippen LogP contribution in [0.15, 0.2) is 29.1 Å². The predicted octanol–water partition coefficient (Wildman–Crippen LogP) is 2.40. The maximum Gasteiger partial charge on any atom is 0.261 e. The van der Waals surface area contributed by atoms with Gasteiger partial charge in [0.2, 0.25) is 5.91 Å². The van der Waals surface area contributed by atoms with Gasteiger partial charge in [-0.3, -0.25) is 14.2 Å². The Bertz CT molecular complexity index is 823. The van der Waals surface area contributed by atoms with Gasteiger partial charge in [0, 0.05) is 19.5 Å². The van der Waals surface area contributed by atoms with E-state index in [4.69, 9.17) is 4.98 Å². The van der Waals surface area contributed by atoms with Crippen molar-refractivity contribution in [2.24, 2.45) is 13.0 Å². The van der Waals surface area contributed by atoms with Crippen LogP contribution < -0.4 is 5.56 Å². The largest absolute Gasteiger partial charge is 0.332 e. The zero-order chi connectivity index (χ0) is 16.0. The van der Waals surface area contributed by atoms with E-state index in [0.29, 0.717) is 10.9 Å². The summed E-state index contributed by atoms with van der Waals surface area (Å²) >= 11 is 0. The average molecular weight is 311 g/mol. The number of carbonyl (C=O) groups excluding carboxylic acids is 1. The number of aromatic nitrogens is 2. The highest BCUT2D eigenvalue weighted by atomic mass is 16.2. The fraction of sp³-hybridized carbons (Fsp3) is 0.500. The molecule has 1 amide bonds. The summed E-state index contributed by atoms with van der Waals surface area (Å²) < 4.78 is 1.62. The molecule has 0 N–H and O–H groups in total. The molecule has 0 radical (unpaired) electrons. The first kappa shape index (κ1) is 14.4. The highest BCUT2D eigenvalue weighted by Gasteiger charge is 2.37. The number of nitrogens with zero attached hydrogens (tertiary/aromatic N) is 3. The average Bonchev–Trinajstić information content (AvgIpc) is 2.98. The van der Waals surface area contributed by atoms with Crippen LogP contribution in [-0.4, -0.2) is 26.9 Å². The molecule has 2 aromatic rings. The summed E-state index contributed by atoms with van der Waals surface area (Å²) in [7, 11) is 1.77. The summed E-state index contributed by atoms with van der Waals surface area (Å²) in [6, 6.07) is 7.36. The minimum Gasteiger partial charge on any atom is -0.332 e. The number of benzene rings is 1. The number of hydrogen-bond donors (Lipinski definition) is 0. The van der Waals surface area contributed by atoms with Crippen LogP contribution in [-0.2, 0) is 11.8 Å². The maximum atomic E-state index is 12.7. The normalized spacial score (nSPS) is 21.6. The third-order valence-electron chi connectivity index (χ3n) is 5.31. The van der Waals surface area contributed by atoms with E-state index in [1.165, 1.54) is 0 Å². The predicted molar refractivity (Wildman–Crippen MR) is 88.0 cm³/mol. The van der Waals surface area contributed by atoms with Crippen molar-refractivity contribution in [3.8, 4) is 0 Å². The molecule has 0 bridgehead atoms. The second-order valence-electron chi connectivity index (χ2n) is 6.67. The summed E-state index contributed by atoms with van der Waals surface area (Å²) in [6.45, 7) is 0.780. The van der Waals surface area contributed by atoms with Gasteiger partial charge in [0.25, 0.3) is 5.56 Å². The number of hydrogen-bond acceptors (Lipinski definition) is 3. The third kappa shape index (κ3) is 2.26. The monoisotopic (exact) mass is 311 g/mol. The molecule has 0 spiro atoms. The third-order valence-corrected chi connectivity index (χ3v) is 5.31. The van der Waals surface area contributed by atoms with Gasteiger partial charge in [0.05, 0.1) is 16.9 Å². The standard InChI is InChI=1S/C18H21N3O2/c1-20-16(19-14-9-3-2-8-13(14)18(20)23)15-10-5-11-21(15)17(22)12-6-4-7-12/h2-3,8-9,12,15H,4-7,10-11H2,1H3. The molecule has 1 unspecified atom stereocenters. The topological polar surface area (TPSA) is 55.2 Å². The van der Waals surface area contributed by atoms with Crippen molar-refractivity contribution in [2.45, 2.75) is 38.1 Å². The number of carbonyl (C=O) groups is 1. The Morgan fingerprint density at radius 2 is 1.96 bits per heavy atom. The van der Waals surface area contributed by atoms with Crippen molar-refractivity contribution in [1.82, 2.24) is 14.5 Å². The highest BCUT2D eigenvalue weighted by molar-refractivity contribution is 5.80. The van der Waals surface area contributed by atoms with Gasteiger partial charge in [-0.1, -0.05) is 18.6 Å². The Hall–Kier alpha value is -2.17. The van der Waals surface area contributed by atoms with E-state index in [2.05, 4.69) is 0 Å². The Morgan fingerprint density at radius 1 is 1.17 bits per heavy atom. The second-order valence-corrected chi connectivity index (χ2v) is 6.67. The Kier molecular flexibility index (Phi) is 3.43. The number of fused-ring (bicyclic) bond motifs is 1. The van der Waals surface area contributed by atoms with Crippen LogP contribution in [0.4, 0.5) is 0 Å². The molecule has 2 fully saturated rings. The first-order valence-corrected chi connectivity index (χ1v) is 8.43. The Balaban J connectivity index is 1.77. The lowest BCUT2D eigenvalue weighted by atomic mass is 9.84. The molecule has 1 aliphatic heterocycles. The molecule has 4 rings (SSSR count). The van der Waals surface area contributed by atoms with Gasteiger partial charge in [-0.25, -0.2) is 4.98 Å². The molecule has 2 heterocycles. The maximum absolute atomic E-state index is 12.7. The Morgan fingerprint density at radius 3 is 2.70 bits per heavy atom. The van der Waals surface area contributed by atoms with Crippen molar-refractivity contribution in [3.63, 3.8) is 0 Å². The molecule has 5 heteroatoms. The van der Waals surface area contributed by atoms with Gasteiger partial charge in [-0.05, 0) is 37.8 Å². The van der Waals surface area contributed by atoms with Gasteiger partial charge in [0.1, 0.15) is 5.82 Å². The SMILES string of the molecule is Cn1c(C2CCCN2C(=O)C2CCC2)nc2ccccc2c1=O. The van der Waals surface area contributed by atoms with Gasteiger partial charge in [-0.15, -0.1) is 0 Å². The van der Waals surface area contributed by atoms with E-state index in [-0.39, 0.29) is 23.4 Å². The molecule has 1 aliphatic carbocycles. The second kappa shape index (κ2) is 5.48. The molecule has 1 saturated carbocycles. The minimum absolute atomic E-state index is 0.0338. The quantitative estimate of drug-likeness (QED) is 0.856. The minimum atomic E-state index is -0.0644. The molecule has 1 aromatic carbocycles. The first-order chi connectivity index (χ1) is 11.2. The van der Waals surface area contributed by atoms with Gasteiger partial charge >= 0.3 is 0 Å². The zero-order valence-corrected chi connectivity index (χ0v) is 13.4. The van der Waals surface area contributed by atoms with E-state index in [1.807, 2.05) is 23.1 Å². The number of amides is 1. The number of likely N-dealkylation sites (tertiary alicyclic amines) is 1. The molecule has 23 heavy (non-hydrogen) atoms. The Labute approximate surface area is 134 Å². The van der Waals surface area contributed by atoms with Crippen LogP contribution in [0.5, 0.6) is 0 Å². The van der Waals surface area contributed by atoms with E-state index in [9.17, 15) is 9.59 Å². The molecular formula is C18H21N3O2. The number of para-hydroxylation sites is 1. The van der Waals surface area contributed by atoms with Crippen molar-refractivity contribution in [1.29, 1.82) is 0 Å². The van der Waals surface area contributed by atoms with Gasteiger partial charge in [-0.2, -0.15) is 0 Å². The lowest BCUT2D eigenvalue weighted by molar-refractivity contribution is -0.139. The van der Waals surface area contributed by atoms with Crippen LogP contribution in [0.1, 0.15) is 44.0 Å². The van der Waals surface area contributed by atoms with Crippen LogP contribution >= 0.6 is 0 Å². The van der Waals surface area contributed by atoms with Crippen LogP contribution in [0.25, 0.3) is 10.9 Å². The van der Waals surface area contributed by atoms with Gasteiger partial charge < -0.3 is 4.90 Å². The molecule has 120 valence electrons. The smallest absolute Gasteiger partial charge is 0.261 e. The van der Waals surface area contributed by atoms with Crippen molar-refractivity contribution >= 4 is 16.8 Å². The summed E-state index contributed by atoms with van der Waals surface area (Å²) in [5.41, 5.74) is 0.682. The van der Waals surface area contributed by atoms with Gasteiger partial charge in [0.15, 0.2) is 0 Å². The summed E-state index contributed by atoms with van der Waals surface area (Å²) in [5.74, 6) is 1.16. The summed E-state index contributed by atoms with van der Waals surface area (Å²) in [6.07, 6.45) is 5.03. The van der Waals surface area contributed by atoms with E-state index in [0.717, 1.165) is 44.5 Å². The fourth-order valence-corrected chi connectivity index (χ4v) is 3.72. The number of rotatable bonds is 2. The molecule has 2 aliphatic rings. The lowest BCUT2D eigenvalue weighted by Crippen LogP contribution is -2.40. The summed E-state index contributed by atoms with van der Waals surface area (Å²) in [4.78, 5) is 32.0. The summed E-state index contributed by atoms with van der Waals surface area (Å²) in [5, 5.41) is 0.633. The molecule has 1 aromatic heterocycles. The highest BCUT2D eigenvalue weighted by Crippen LogP contribution is 2.36. The molecule has 5 nitrogen and oxygen atoms in total. The van der Waals surface area contributed by atoms with E-state index >= 15 is 0 Å². The van der Waals surface area contributed by atoms with Crippen LogP contribution in [0, 0.1) is 5.92 Å². The van der Waals surface area contributed by atoms with Crippen molar-refractivity contribution < 1.29 is 4.79 Å². The first-order valence-electron chi connectivity index (χ1n) is 8.43. The van der Waals surface area contributed by atoms with Crippen LogP contribution in [0.3, 0.4) is 0 Å². The molecule has 1 atom stereocenters. The zero-order valence-electron chi connectivity index (χ0n) is 13.4. The van der Waals surface area contributed by atoms with E-state index in [1.54, 1.807) is 17.7 Å². The van der Waals surface area contributed by atoms with Crippen LogP contribution in [0.2, 0.25) is 0 Å². The lowest BCUT2D eigenvalue weighted by Gasteiger charge is -2.33. The van der Waals surface area contributed by atoms with Crippen molar-refractivity contribution in [2.75, 3.05) is 6.54 Å². The molecule has 1 saturated heterocycles. The fourth-order valence-electron chi connectivity index (χ4n) is 3.72. The van der Waals surface area contributed by atoms with E-state index < -0.39 is 0 Å².